The van der Waals surface area contributed by atoms with Crippen molar-refractivity contribution < 1.29 is 9.13 Å². The van der Waals surface area contributed by atoms with E-state index in [2.05, 4.69) is 35.1 Å². The Morgan fingerprint density at radius 3 is 2.78 bits per heavy atom. The Morgan fingerprint density at radius 2 is 2.11 bits per heavy atom. The topological polar surface area (TPSA) is 21.3 Å². The Hall–Kier alpha value is -0.450. The van der Waals surface area contributed by atoms with Crippen LogP contribution in [0.4, 0.5) is 4.39 Å². The van der Waals surface area contributed by atoms with Crippen molar-refractivity contribution in [2.45, 2.75) is 26.8 Å². The van der Waals surface area contributed by atoms with Crippen LogP contribution >= 0.6 is 15.9 Å². The summed E-state index contributed by atoms with van der Waals surface area (Å²) >= 11 is 3.35. The molecule has 0 bridgehead atoms. The molecule has 0 amide bonds. The first kappa shape index (κ1) is 15.6. The molecule has 4 heteroatoms. The van der Waals surface area contributed by atoms with Crippen LogP contribution in [0.15, 0.2) is 22.7 Å². The molecule has 0 atom stereocenters. The Kier molecular flexibility index (Phi) is 6.26. The molecule has 0 saturated carbocycles. The Balaban J connectivity index is 2.43. The average Bonchev–Trinajstić information content (AvgIpc) is 2.31. The lowest BCUT2D eigenvalue weighted by molar-refractivity contribution is 0.150. The molecule has 1 rings (SSSR count). The molecule has 0 aliphatic heterocycles. The first-order chi connectivity index (χ1) is 8.44. The summed E-state index contributed by atoms with van der Waals surface area (Å²) in [4.78, 5) is 0. The molecule has 0 aliphatic rings. The summed E-state index contributed by atoms with van der Waals surface area (Å²) in [5.41, 5.74) is 0.838. The number of methoxy groups -OCH3 is 1. The van der Waals surface area contributed by atoms with Crippen LogP contribution in [0.5, 0.6) is 0 Å². The summed E-state index contributed by atoms with van der Waals surface area (Å²) in [7, 11) is 1.71. The highest BCUT2D eigenvalue weighted by Crippen LogP contribution is 2.20. The normalized spacial score (nSPS) is 11.8. The van der Waals surface area contributed by atoms with Gasteiger partial charge in [-0.3, -0.25) is 0 Å². The van der Waals surface area contributed by atoms with E-state index in [0.717, 1.165) is 24.0 Å². The number of ether oxygens (including phenoxy) is 1. The third-order valence-corrected chi connectivity index (χ3v) is 3.40. The summed E-state index contributed by atoms with van der Waals surface area (Å²) in [6, 6.07) is 5.00. The summed E-state index contributed by atoms with van der Waals surface area (Å²) < 4.78 is 19.5. The third-order valence-electron chi connectivity index (χ3n) is 2.91. The van der Waals surface area contributed by atoms with Crippen molar-refractivity contribution in [3.05, 3.63) is 34.1 Å². The van der Waals surface area contributed by atoms with Gasteiger partial charge in [-0.1, -0.05) is 29.8 Å². The van der Waals surface area contributed by atoms with Crippen molar-refractivity contribution in [2.75, 3.05) is 20.3 Å². The highest BCUT2D eigenvalue weighted by molar-refractivity contribution is 9.10. The smallest absolute Gasteiger partial charge is 0.127 e. The SMILES string of the molecule is COCCC(C)(C)CNCc1cc(Br)ccc1F. The van der Waals surface area contributed by atoms with Crippen LogP contribution in [0.1, 0.15) is 25.8 Å². The molecule has 102 valence electrons. The first-order valence-electron chi connectivity index (χ1n) is 6.08. The molecule has 0 heterocycles. The van der Waals surface area contributed by atoms with Crippen molar-refractivity contribution in [3.8, 4) is 0 Å². The van der Waals surface area contributed by atoms with Crippen LogP contribution in [-0.2, 0) is 11.3 Å². The van der Waals surface area contributed by atoms with E-state index in [9.17, 15) is 4.39 Å². The average molecular weight is 318 g/mol. The molecule has 0 aromatic heterocycles. The predicted molar refractivity (Wildman–Crippen MR) is 76.1 cm³/mol. The molecule has 2 nitrogen and oxygen atoms in total. The number of hydrogen-bond acceptors (Lipinski definition) is 2. The Morgan fingerprint density at radius 1 is 1.39 bits per heavy atom. The van der Waals surface area contributed by atoms with Gasteiger partial charge in [-0.15, -0.1) is 0 Å². The highest BCUT2D eigenvalue weighted by Gasteiger charge is 2.17. The maximum absolute atomic E-state index is 13.5. The molecular weight excluding hydrogens is 297 g/mol. The second-order valence-electron chi connectivity index (χ2n) is 5.25. The fourth-order valence-corrected chi connectivity index (χ4v) is 2.09. The number of benzene rings is 1. The van der Waals surface area contributed by atoms with Gasteiger partial charge in [-0.05, 0) is 30.0 Å². The van der Waals surface area contributed by atoms with Crippen molar-refractivity contribution in [3.63, 3.8) is 0 Å². The van der Waals surface area contributed by atoms with Gasteiger partial charge in [0.05, 0.1) is 0 Å². The summed E-state index contributed by atoms with van der Waals surface area (Å²) in [6.07, 6.45) is 0.984. The number of rotatable bonds is 7. The van der Waals surface area contributed by atoms with Crippen molar-refractivity contribution in [1.29, 1.82) is 0 Å². The molecule has 0 fully saturated rings. The van der Waals surface area contributed by atoms with E-state index in [1.165, 1.54) is 6.07 Å². The minimum absolute atomic E-state index is 0.151. The van der Waals surface area contributed by atoms with Crippen molar-refractivity contribution in [1.82, 2.24) is 5.32 Å². The second kappa shape index (κ2) is 7.22. The van der Waals surface area contributed by atoms with E-state index < -0.39 is 0 Å². The van der Waals surface area contributed by atoms with E-state index in [-0.39, 0.29) is 11.2 Å². The molecule has 0 saturated heterocycles. The molecule has 1 aromatic rings. The maximum atomic E-state index is 13.5. The van der Waals surface area contributed by atoms with Crippen LogP contribution in [0.25, 0.3) is 0 Å². The number of nitrogens with one attached hydrogen (secondary N) is 1. The lowest BCUT2D eigenvalue weighted by atomic mass is 9.89. The summed E-state index contributed by atoms with van der Waals surface area (Å²) in [5.74, 6) is -0.166. The lowest BCUT2D eigenvalue weighted by Crippen LogP contribution is -2.30. The van der Waals surface area contributed by atoms with E-state index in [1.807, 2.05) is 6.07 Å². The maximum Gasteiger partial charge on any atom is 0.127 e. The predicted octanol–water partition coefficient (Wildman–Crippen LogP) is 3.74. The fraction of sp³-hybridized carbons (Fsp3) is 0.571. The number of halogens is 2. The van der Waals surface area contributed by atoms with Crippen LogP contribution in [0.2, 0.25) is 0 Å². The molecule has 0 spiro atoms. The Bertz CT molecular complexity index is 382. The van der Waals surface area contributed by atoms with Gasteiger partial charge in [-0.25, -0.2) is 4.39 Å². The molecule has 18 heavy (non-hydrogen) atoms. The minimum Gasteiger partial charge on any atom is -0.385 e. The zero-order valence-corrected chi connectivity index (χ0v) is 12.8. The molecular formula is C14H21BrFNO. The first-order valence-corrected chi connectivity index (χ1v) is 6.87. The summed E-state index contributed by atoms with van der Waals surface area (Å²) in [6.45, 7) is 6.48. The molecule has 0 radical (unpaired) electrons. The van der Waals surface area contributed by atoms with Gasteiger partial charge in [0.1, 0.15) is 5.82 Å². The van der Waals surface area contributed by atoms with Gasteiger partial charge in [0, 0.05) is 36.8 Å². The van der Waals surface area contributed by atoms with Crippen molar-refractivity contribution in [2.24, 2.45) is 5.41 Å². The summed E-state index contributed by atoms with van der Waals surface area (Å²) in [5, 5.41) is 3.30. The Labute approximate surface area is 117 Å². The van der Waals surface area contributed by atoms with Gasteiger partial charge >= 0.3 is 0 Å². The standard InChI is InChI=1S/C14H21BrFNO/c1-14(2,6-7-18-3)10-17-9-11-8-12(15)4-5-13(11)16/h4-5,8,17H,6-7,9-10H2,1-3H3. The lowest BCUT2D eigenvalue weighted by Gasteiger charge is -2.24. The van der Waals surface area contributed by atoms with Gasteiger partial charge in [0.25, 0.3) is 0 Å². The van der Waals surface area contributed by atoms with E-state index in [4.69, 9.17) is 4.74 Å². The fourth-order valence-electron chi connectivity index (χ4n) is 1.68. The molecule has 1 N–H and O–H groups in total. The molecule has 0 aliphatic carbocycles. The zero-order valence-electron chi connectivity index (χ0n) is 11.2. The number of hydrogen-bond donors (Lipinski definition) is 1. The van der Waals surface area contributed by atoms with Gasteiger partial charge in [0.2, 0.25) is 0 Å². The van der Waals surface area contributed by atoms with E-state index in [1.54, 1.807) is 13.2 Å². The zero-order chi connectivity index (χ0) is 13.6. The van der Waals surface area contributed by atoms with Crippen molar-refractivity contribution >= 4 is 15.9 Å². The van der Waals surface area contributed by atoms with Crippen LogP contribution in [-0.4, -0.2) is 20.3 Å². The minimum atomic E-state index is -0.166. The van der Waals surface area contributed by atoms with Crippen LogP contribution in [0, 0.1) is 11.2 Å². The van der Waals surface area contributed by atoms with Crippen LogP contribution in [0.3, 0.4) is 0 Å². The van der Waals surface area contributed by atoms with Gasteiger partial charge < -0.3 is 10.1 Å². The van der Waals surface area contributed by atoms with Crippen LogP contribution < -0.4 is 5.32 Å². The van der Waals surface area contributed by atoms with Gasteiger partial charge in [-0.2, -0.15) is 0 Å². The largest absolute Gasteiger partial charge is 0.385 e. The highest BCUT2D eigenvalue weighted by atomic mass is 79.9. The third kappa shape index (κ3) is 5.46. The quantitative estimate of drug-likeness (QED) is 0.827. The molecule has 1 aromatic carbocycles. The monoisotopic (exact) mass is 317 g/mol. The van der Waals surface area contributed by atoms with E-state index in [0.29, 0.717) is 12.1 Å². The van der Waals surface area contributed by atoms with E-state index >= 15 is 0 Å². The van der Waals surface area contributed by atoms with Gasteiger partial charge in [0.15, 0.2) is 0 Å². The second-order valence-corrected chi connectivity index (χ2v) is 6.16. The molecule has 0 unspecified atom stereocenters.